The van der Waals surface area contributed by atoms with Crippen LogP contribution in [0.25, 0.3) is 0 Å². The van der Waals surface area contributed by atoms with Gasteiger partial charge >= 0.3 is 18.0 Å². The number of non-ortho nitro benzene ring substituents is 1. The van der Waals surface area contributed by atoms with Crippen molar-refractivity contribution in [2.45, 2.75) is 83.1 Å². The Bertz CT molecular complexity index is 1370. The Morgan fingerprint density at radius 3 is 2.30 bits per heavy atom. The van der Waals surface area contributed by atoms with Gasteiger partial charge in [0.05, 0.1) is 24.1 Å². The zero-order chi connectivity index (χ0) is 33.8. The topological polar surface area (TPSA) is 183 Å². The monoisotopic (exact) mass is 642 g/mol. The van der Waals surface area contributed by atoms with Gasteiger partial charge in [-0.15, -0.1) is 6.58 Å². The van der Waals surface area contributed by atoms with Crippen molar-refractivity contribution in [3.8, 4) is 0 Å². The van der Waals surface area contributed by atoms with Crippen LogP contribution in [0.15, 0.2) is 36.9 Å². The first-order valence-corrected chi connectivity index (χ1v) is 15.4. The molecule has 4 rings (SSSR count). The summed E-state index contributed by atoms with van der Waals surface area (Å²) in [5.41, 5.74) is -2.09. The molecule has 0 radical (unpaired) electrons. The molecule has 2 N–H and O–H groups in total. The van der Waals surface area contributed by atoms with Gasteiger partial charge in [0, 0.05) is 36.9 Å². The molecule has 2 aliphatic carbocycles. The van der Waals surface area contributed by atoms with Crippen molar-refractivity contribution in [3.05, 3.63) is 52.6 Å². The predicted molar refractivity (Wildman–Crippen MR) is 163 cm³/mol. The fourth-order valence-corrected chi connectivity index (χ4v) is 6.14. The van der Waals surface area contributed by atoms with E-state index in [9.17, 15) is 34.1 Å². The van der Waals surface area contributed by atoms with Gasteiger partial charge in [-0.3, -0.25) is 19.7 Å². The second-order valence-electron chi connectivity index (χ2n) is 13.3. The van der Waals surface area contributed by atoms with Crippen molar-refractivity contribution >= 4 is 35.5 Å². The van der Waals surface area contributed by atoms with Crippen molar-refractivity contribution in [2.24, 2.45) is 17.3 Å². The number of nitrogens with one attached hydrogen (secondary N) is 2. The molecule has 2 saturated carbocycles. The summed E-state index contributed by atoms with van der Waals surface area (Å²) in [4.78, 5) is 77.5. The molecule has 0 aromatic heterocycles. The van der Waals surface area contributed by atoms with Crippen molar-refractivity contribution in [1.82, 2.24) is 15.5 Å². The van der Waals surface area contributed by atoms with Crippen molar-refractivity contribution < 1.29 is 43.1 Å². The number of nitro benzene ring substituents is 1. The van der Waals surface area contributed by atoms with Crippen molar-refractivity contribution in [3.63, 3.8) is 0 Å². The molecule has 1 saturated heterocycles. The van der Waals surface area contributed by atoms with E-state index in [2.05, 4.69) is 17.2 Å². The highest BCUT2D eigenvalue weighted by Gasteiger charge is 2.61. The van der Waals surface area contributed by atoms with E-state index < -0.39 is 63.8 Å². The summed E-state index contributed by atoms with van der Waals surface area (Å²) in [6.07, 6.45) is 3.36. The van der Waals surface area contributed by atoms with Crippen molar-refractivity contribution in [1.29, 1.82) is 0 Å². The lowest BCUT2D eigenvalue weighted by Crippen LogP contribution is -2.55. The summed E-state index contributed by atoms with van der Waals surface area (Å²) in [6, 6.07) is 3.89. The highest BCUT2D eigenvalue weighted by atomic mass is 16.6. The lowest BCUT2D eigenvalue weighted by atomic mass is 9.86. The van der Waals surface area contributed by atoms with E-state index >= 15 is 0 Å². The van der Waals surface area contributed by atoms with Crippen molar-refractivity contribution in [2.75, 3.05) is 20.2 Å². The SMILES string of the molecule is C=C[C@@H]1C[C@]1(NC(=O)CC1CN(C(=O)[C@@H](NC(=O)OC2CCCC2)C(C)(C)C)C[C@H]1OC(=O)c1ccc([N+](=O)[O-])cc1)C(=O)OC. The van der Waals surface area contributed by atoms with Gasteiger partial charge in [-0.25, -0.2) is 14.4 Å². The fraction of sp³-hybridized carbons (Fsp3) is 0.594. The van der Waals surface area contributed by atoms with Gasteiger partial charge in [0.15, 0.2) is 0 Å². The van der Waals surface area contributed by atoms with Crippen LogP contribution in [0.5, 0.6) is 0 Å². The lowest BCUT2D eigenvalue weighted by Gasteiger charge is -2.33. The second-order valence-corrected chi connectivity index (χ2v) is 13.3. The van der Waals surface area contributed by atoms with Crippen LogP contribution in [-0.2, 0) is 28.6 Å². The molecule has 1 aromatic carbocycles. The van der Waals surface area contributed by atoms with E-state index in [1.807, 2.05) is 0 Å². The highest BCUT2D eigenvalue weighted by Crippen LogP contribution is 2.45. The number of esters is 2. The molecule has 1 heterocycles. The van der Waals surface area contributed by atoms with E-state index in [4.69, 9.17) is 14.2 Å². The number of methoxy groups -OCH3 is 1. The number of hydrogen-bond donors (Lipinski definition) is 2. The molecule has 46 heavy (non-hydrogen) atoms. The molecule has 3 amide bonds. The van der Waals surface area contributed by atoms with E-state index in [1.54, 1.807) is 26.8 Å². The second kappa shape index (κ2) is 13.9. The molecule has 1 aliphatic heterocycles. The number of ether oxygens (including phenoxy) is 3. The summed E-state index contributed by atoms with van der Waals surface area (Å²) in [7, 11) is 1.23. The summed E-state index contributed by atoms with van der Waals surface area (Å²) in [5.74, 6) is -3.30. The predicted octanol–water partition coefficient (Wildman–Crippen LogP) is 3.29. The standard InChI is InChI=1S/C32H42N4O10/c1-6-21-16-32(21,29(40)44-5)34-25(37)15-20-17-35(18-24(20)46-28(39)19-11-13-22(14-12-19)36(42)43)27(38)26(31(2,3)4)33-30(41)45-23-9-7-8-10-23/h6,11-14,20-21,23-24,26H,1,7-10,15-18H2,2-5H3,(H,33,41)(H,34,37)/t20?,21-,24-,26-,32-/m1/s1. The molecule has 3 fully saturated rings. The molecule has 3 aliphatic rings. The number of benzene rings is 1. The van der Waals surface area contributed by atoms with Crippen LogP contribution in [0.4, 0.5) is 10.5 Å². The minimum absolute atomic E-state index is 0.0203. The van der Waals surface area contributed by atoms with Gasteiger partial charge in [0.1, 0.15) is 23.8 Å². The number of amides is 3. The number of nitro groups is 1. The highest BCUT2D eigenvalue weighted by molar-refractivity contribution is 5.92. The first-order chi connectivity index (χ1) is 21.7. The Morgan fingerprint density at radius 2 is 1.76 bits per heavy atom. The molecular weight excluding hydrogens is 600 g/mol. The Kier molecular flexibility index (Phi) is 10.4. The molecule has 14 nitrogen and oxygen atoms in total. The van der Waals surface area contributed by atoms with E-state index in [-0.39, 0.29) is 42.8 Å². The number of likely N-dealkylation sites (tertiary alicyclic amines) is 1. The van der Waals surface area contributed by atoms with Gasteiger partial charge in [0.25, 0.3) is 5.69 Å². The van der Waals surface area contributed by atoms with Gasteiger partial charge in [-0.2, -0.15) is 0 Å². The van der Waals surface area contributed by atoms with Gasteiger partial charge < -0.3 is 29.7 Å². The molecule has 1 unspecified atom stereocenters. The van der Waals surface area contributed by atoms with E-state index in [1.165, 1.54) is 36.3 Å². The third-order valence-electron chi connectivity index (χ3n) is 8.87. The summed E-state index contributed by atoms with van der Waals surface area (Å²) >= 11 is 0. The number of alkyl carbamates (subject to hydrolysis) is 1. The van der Waals surface area contributed by atoms with Crippen LogP contribution in [0.2, 0.25) is 0 Å². The largest absolute Gasteiger partial charge is 0.467 e. The number of carbonyl (C=O) groups is 5. The third-order valence-corrected chi connectivity index (χ3v) is 8.87. The van der Waals surface area contributed by atoms with Gasteiger partial charge in [-0.05, 0) is 49.7 Å². The third kappa shape index (κ3) is 7.83. The number of rotatable bonds is 11. The van der Waals surface area contributed by atoms with Crippen LogP contribution < -0.4 is 10.6 Å². The Balaban J connectivity index is 1.52. The van der Waals surface area contributed by atoms with Crippen LogP contribution in [0.1, 0.15) is 69.7 Å². The quantitative estimate of drug-likeness (QED) is 0.119. The normalized spacial score (nSPS) is 24.8. The molecule has 0 spiro atoms. The fourth-order valence-electron chi connectivity index (χ4n) is 6.14. The first kappa shape index (κ1) is 34.4. The number of hydrogen-bond acceptors (Lipinski definition) is 10. The molecule has 5 atom stereocenters. The van der Waals surface area contributed by atoms with E-state index in [0.29, 0.717) is 6.42 Å². The van der Waals surface area contributed by atoms with Crippen LogP contribution in [0.3, 0.4) is 0 Å². The Labute approximate surface area is 267 Å². The van der Waals surface area contributed by atoms with Gasteiger partial charge in [-0.1, -0.05) is 26.8 Å². The minimum Gasteiger partial charge on any atom is -0.467 e. The summed E-state index contributed by atoms with van der Waals surface area (Å²) in [6.45, 7) is 9.07. The maximum Gasteiger partial charge on any atom is 0.408 e. The Hall–Kier alpha value is -4.49. The molecule has 14 heteroatoms. The number of nitrogens with zero attached hydrogens (tertiary/aromatic N) is 2. The average Bonchev–Trinajstić information content (AvgIpc) is 3.26. The maximum absolute atomic E-state index is 13.9. The minimum atomic E-state index is -1.23. The zero-order valence-electron chi connectivity index (χ0n) is 26.6. The van der Waals surface area contributed by atoms with Crippen LogP contribution in [0, 0.1) is 27.4 Å². The van der Waals surface area contributed by atoms with Crippen LogP contribution in [-0.4, -0.2) is 83.7 Å². The molecule has 1 aromatic rings. The number of carbonyl (C=O) groups excluding carboxylic acids is 5. The zero-order valence-corrected chi connectivity index (χ0v) is 26.6. The summed E-state index contributed by atoms with van der Waals surface area (Å²) < 4.78 is 16.2. The first-order valence-electron chi connectivity index (χ1n) is 15.4. The molecule has 0 bridgehead atoms. The van der Waals surface area contributed by atoms with E-state index in [0.717, 1.165) is 25.7 Å². The lowest BCUT2D eigenvalue weighted by molar-refractivity contribution is -0.384. The summed E-state index contributed by atoms with van der Waals surface area (Å²) in [5, 5.41) is 16.5. The molecule has 250 valence electrons. The van der Waals surface area contributed by atoms with Gasteiger partial charge in [0.2, 0.25) is 11.8 Å². The average molecular weight is 643 g/mol. The smallest absolute Gasteiger partial charge is 0.408 e. The van der Waals surface area contributed by atoms with Crippen LogP contribution >= 0.6 is 0 Å². The Morgan fingerprint density at radius 1 is 1.11 bits per heavy atom. The molecular formula is C32H42N4O10. The maximum atomic E-state index is 13.9.